The second-order valence-corrected chi connectivity index (χ2v) is 10.1. The number of amides is 1. The third-order valence-electron chi connectivity index (χ3n) is 5.87. The van der Waals surface area contributed by atoms with Gasteiger partial charge in [0.2, 0.25) is 0 Å². The molecule has 0 fully saturated rings. The fourth-order valence-electron chi connectivity index (χ4n) is 4.01. The number of nitrogens with zero attached hydrogens (tertiary/aromatic N) is 1. The van der Waals surface area contributed by atoms with Crippen LogP contribution in [0.2, 0.25) is 0 Å². The van der Waals surface area contributed by atoms with Crippen molar-refractivity contribution in [2.24, 2.45) is 0 Å². The molecule has 0 aromatic heterocycles. The normalized spacial score (nSPS) is 16.0. The van der Waals surface area contributed by atoms with Crippen molar-refractivity contribution in [3.63, 3.8) is 0 Å². The molecule has 1 heterocycles. The number of sulfonamides is 1. The van der Waals surface area contributed by atoms with Gasteiger partial charge >= 0.3 is 0 Å². The van der Waals surface area contributed by atoms with Crippen molar-refractivity contribution in [2.45, 2.75) is 30.9 Å². The fraction of sp³-hybridized carbons (Fsp3) is 0.269. The molecule has 0 saturated carbocycles. The smallest absolute Gasteiger partial charge is 0.264 e. The van der Waals surface area contributed by atoms with Gasteiger partial charge in [-0.3, -0.25) is 9.10 Å². The lowest BCUT2D eigenvalue weighted by Crippen LogP contribution is -2.51. The number of aryl methyl sites for hydroxylation is 1. The molecule has 0 radical (unpaired) electrons. The Morgan fingerprint density at radius 1 is 1.06 bits per heavy atom. The Morgan fingerprint density at radius 3 is 2.49 bits per heavy atom. The average Bonchev–Trinajstić information content (AvgIpc) is 2.87. The third-order valence-corrected chi connectivity index (χ3v) is 7.66. The van der Waals surface area contributed by atoms with Crippen molar-refractivity contribution in [1.82, 2.24) is 5.32 Å². The van der Waals surface area contributed by atoms with Crippen LogP contribution in [-0.4, -0.2) is 41.2 Å². The van der Waals surface area contributed by atoms with E-state index in [0.29, 0.717) is 22.9 Å². The SMILES string of the molecule is COc1ccc(OC)c([C@H](C)NC(=O)[C@@H]2CN(S(=O)(=O)c3ccccc3)c3cc(C)ccc3O2)c1. The van der Waals surface area contributed by atoms with Gasteiger partial charge in [0.25, 0.3) is 15.9 Å². The molecule has 0 spiro atoms. The van der Waals surface area contributed by atoms with Crippen molar-refractivity contribution in [3.8, 4) is 17.2 Å². The van der Waals surface area contributed by atoms with E-state index in [2.05, 4.69) is 5.32 Å². The third kappa shape index (κ3) is 4.90. The maximum absolute atomic E-state index is 13.5. The molecule has 3 aromatic rings. The van der Waals surface area contributed by atoms with Gasteiger partial charge in [0, 0.05) is 5.56 Å². The number of carbonyl (C=O) groups excluding carboxylic acids is 1. The second-order valence-electron chi connectivity index (χ2n) is 8.27. The van der Waals surface area contributed by atoms with Gasteiger partial charge in [0.1, 0.15) is 17.2 Å². The number of hydrogen-bond donors (Lipinski definition) is 1. The van der Waals surface area contributed by atoms with Crippen molar-refractivity contribution in [2.75, 3.05) is 25.1 Å². The molecular formula is C26H28N2O6S. The maximum Gasteiger partial charge on any atom is 0.264 e. The zero-order valence-electron chi connectivity index (χ0n) is 20.0. The topological polar surface area (TPSA) is 94.2 Å². The van der Waals surface area contributed by atoms with Crippen molar-refractivity contribution in [1.29, 1.82) is 0 Å². The first kappa shape index (κ1) is 24.4. The number of ether oxygens (including phenoxy) is 3. The summed E-state index contributed by atoms with van der Waals surface area (Å²) in [7, 11) is -0.810. The molecule has 4 rings (SSSR count). The van der Waals surface area contributed by atoms with Gasteiger partial charge in [-0.15, -0.1) is 0 Å². The van der Waals surface area contributed by atoms with E-state index in [1.54, 1.807) is 62.8 Å². The largest absolute Gasteiger partial charge is 0.497 e. The molecule has 0 bridgehead atoms. The van der Waals surface area contributed by atoms with Crippen molar-refractivity contribution < 1.29 is 27.4 Å². The van der Waals surface area contributed by atoms with Gasteiger partial charge in [-0.25, -0.2) is 8.42 Å². The number of carbonyl (C=O) groups is 1. The number of fused-ring (bicyclic) bond motifs is 1. The van der Waals surface area contributed by atoms with Crippen molar-refractivity contribution >= 4 is 21.6 Å². The number of hydrogen-bond acceptors (Lipinski definition) is 6. The van der Waals surface area contributed by atoms with Crippen LogP contribution in [0.5, 0.6) is 17.2 Å². The Kier molecular flexibility index (Phi) is 6.88. The molecule has 1 N–H and O–H groups in total. The fourth-order valence-corrected chi connectivity index (χ4v) is 5.50. The lowest BCUT2D eigenvalue weighted by molar-refractivity contribution is -0.128. The summed E-state index contributed by atoms with van der Waals surface area (Å²) < 4.78 is 45.0. The van der Waals surface area contributed by atoms with E-state index in [-0.39, 0.29) is 11.4 Å². The van der Waals surface area contributed by atoms with E-state index in [0.717, 1.165) is 11.1 Å². The molecular weight excluding hydrogens is 468 g/mol. The molecule has 1 aliphatic heterocycles. The first-order valence-corrected chi connectivity index (χ1v) is 12.6. The number of methoxy groups -OCH3 is 2. The summed E-state index contributed by atoms with van der Waals surface area (Å²) in [6.07, 6.45) is -1.05. The van der Waals surface area contributed by atoms with Crippen LogP contribution in [0.15, 0.2) is 71.6 Å². The molecule has 9 heteroatoms. The van der Waals surface area contributed by atoms with Crippen LogP contribution in [0.4, 0.5) is 5.69 Å². The van der Waals surface area contributed by atoms with E-state index in [1.165, 1.54) is 16.4 Å². The van der Waals surface area contributed by atoms with E-state index < -0.39 is 28.1 Å². The molecule has 0 unspecified atom stereocenters. The van der Waals surface area contributed by atoms with Crippen LogP contribution in [0.3, 0.4) is 0 Å². The molecule has 184 valence electrons. The predicted molar refractivity (Wildman–Crippen MR) is 133 cm³/mol. The van der Waals surface area contributed by atoms with Crippen LogP contribution in [-0.2, 0) is 14.8 Å². The summed E-state index contributed by atoms with van der Waals surface area (Å²) in [6, 6.07) is 18.3. The minimum absolute atomic E-state index is 0.142. The first-order valence-electron chi connectivity index (χ1n) is 11.1. The summed E-state index contributed by atoms with van der Waals surface area (Å²) in [5, 5.41) is 2.92. The number of rotatable bonds is 7. The second kappa shape index (κ2) is 9.87. The summed E-state index contributed by atoms with van der Waals surface area (Å²) in [5.41, 5.74) is 2.00. The van der Waals surface area contributed by atoms with Gasteiger partial charge < -0.3 is 19.5 Å². The lowest BCUT2D eigenvalue weighted by atomic mass is 10.1. The van der Waals surface area contributed by atoms with Crippen LogP contribution in [0, 0.1) is 6.92 Å². The summed E-state index contributed by atoms with van der Waals surface area (Å²) in [4.78, 5) is 13.4. The van der Waals surface area contributed by atoms with Crippen molar-refractivity contribution in [3.05, 3.63) is 77.9 Å². The highest BCUT2D eigenvalue weighted by Crippen LogP contribution is 2.38. The number of benzene rings is 3. The Hall–Kier alpha value is -3.72. The highest BCUT2D eigenvalue weighted by Gasteiger charge is 2.38. The average molecular weight is 497 g/mol. The van der Waals surface area contributed by atoms with E-state index in [9.17, 15) is 13.2 Å². The quantitative estimate of drug-likeness (QED) is 0.534. The molecule has 0 aliphatic carbocycles. The number of anilines is 1. The standard InChI is InChI=1S/C26H28N2O6S/c1-17-10-12-24-22(14-17)28(35(30,31)20-8-6-5-7-9-20)16-25(34-24)26(29)27-18(2)21-15-19(32-3)11-13-23(21)33-4/h5-15,18,25H,16H2,1-4H3,(H,27,29)/t18-,25-/m0/s1. The lowest BCUT2D eigenvalue weighted by Gasteiger charge is -2.35. The summed E-state index contributed by atoms with van der Waals surface area (Å²) >= 11 is 0. The van der Waals surface area contributed by atoms with E-state index in [4.69, 9.17) is 14.2 Å². The molecule has 0 saturated heterocycles. The number of nitrogens with one attached hydrogen (secondary N) is 1. The summed E-state index contributed by atoms with van der Waals surface area (Å²) in [6.45, 7) is 3.52. The first-order chi connectivity index (χ1) is 16.7. The van der Waals surface area contributed by atoms with Gasteiger partial charge in [-0.05, 0) is 61.9 Å². The Labute approximate surface area is 205 Å². The monoisotopic (exact) mass is 496 g/mol. The van der Waals surface area contributed by atoms with E-state index >= 15 is 0 Å². The minimum atomic E-state index is -3.92. The molecule has 35 heavy (non-hydrogen) atoms. The Bertz CT molecular complexity index is 1330. The van der Waals surface area contributed by atoms with Crippen LogP contribution in [0.25, 0.3) is 0 Å². The van der Waals surface area contributed by atoms with Crippen LogP contribution < -0.4 is 23.8 Å². The highest BCUT2D eigenvalue weighted by molar-refractivity contribution is 7.92. The summed E-state index contributed by atoms with van der Waals surface area (Å²) in [5.74, 6) is 1.10. The Balaban J connectivity index is 1.64. The zero-order valence-corrected chi connectivity index (χ0v) is 20.8. The van der Waals surface area contributed by atoms with Crippen LogP contribution >= 0.6 is 0 Å². The minimum Gasteiger partial charge on any atom is -0.497 e. The highest BCUT2D eigenvalue weighted by atomic mass is 32.2. The molecule has 3 aromatic carbocycles. The van der Waals surface area contributed by atoms with E-state index in [1.807, 2.05) is 19.9 Å². The predicted octanol–water partition coefficient (Wildman–Crippen LogP) is 3.85. The van der Waals surface area contributed by atoms with Gasteiger partial charge in [0.05, 0.1) is 37.4 Å². The maximum atomic E-state index is 13.5. The van der Waals surface area contributed by atoms with Gasteiger partial charge in [-0.1, -0.05) is 24.3 Å². The zero-order chi connectivity index (χ0) is 25.2. The molecule has 2 atom stereocenters. The van der Waals surface area contributed by atoms with Crippen LogP contribution in [0.1, 0.15) is 24.1 Å². The Morgan fingerprint density at radius 2 is 1.80 bits per heavy atom. The van der Waals surface area contributed by atoms with Gasteiger partial charge in [-0.2, -0.15) is 0 Å². The molecule has 1 aliphatic rings. The molecule has 1 amide bonds. The van der Waals surface area contributed by atoms with Gasteiger partial charge in [0.15, 0.2) is 6.10 Å². The molecule has 8 nitrogen and oxygen atoms in total.